The number of aliphatic hydroxyl groups excluding tert-OH is 1. The van der Waals surface area contributed by atoms with E-state index in [9.17, 15) is 13.6 Å². The summed E-state index contributed by atoms with van der Waals surface area (Å²) in [6, 6.07) is 7.11. The van der Waals surface area contributed by atoms with Crippen LogP contribution < -0.4 is 10.6 Å². The highest BCUT2D eigenvalue weighted by molar-refractivity contribution is 7.91. The summed E-state index contributed by atoms with van der Waals surface area (Å²) >= 11 is 0. The molecule has 1 unspecified atom stereocenters. The Morgan fingerprint density at radius 3 is 2.79 bits per heavy atom. The fraction of sp³-hybridized carbons (Fsp3) is 0.417. The molecular weight excluding hydrogens is 268 g/mol. The predicted octanol–water partition coefficient (Wildman–Crippen LogP) is -1.02. The normalized spacial score (nSPS) is 19.0. The molecule has 0 fully saturated rings. The molecule has 1 aromatic carbocycles. The standard InChI is InChI=1S/C12H15N2O4S/c1-9-10-4-2-3-5-11(10)13-12(14(9)16)8-19(17,18)7-6-15/h2-5,12,15H,6-8H2,1H3/q-1. The van der Waals surface area contributed by atoms with E-state index in [0.29, 0.717) is 21.3 Å². The van der Waals surface area contributed by atoms with Crippen molar-refractivity contribution < 1.29 is 13.5 Å². The van der Waals surface area contributed by atoms with Crippen LogP contribution in [0, 0.1) is 5.21 Å². The average Bonchev–Trinajstić information content (AvgIpc) is 2.35. The van der Waals surface area contributed by atoms with Gasteiger partial charge in [0, 0.05) is 10.9 Å². The molecule has 19 heavy (non-hydrogen) atoms. The summed E-state index contributed by atoms with van der Waals surface area (Å²) in [5, 5.41) is 22.7. The van der Waals surface area contributed by atoms with Gasteiger partial charge in [0.25, 0.3) is 0 Å². The van der Waals surface area contributed by atoms with Crippen molar-refractivity contribution in [2.24, 2.45) is 4.99 Å². The minimum absolute atomic E-state index is 0.354. The zero-order valence-electron chi connectivity index (χ0n) is 10.5. The van der Waals surface area contributed by atoms with E-state index in [1.165, 1.54) is 0 Å². The molecule has 104 valence electrons. The third kappa shape index (κ3) is 2.94. The van der Waals surface area contributed by atoms with Gasteiger partial charge in [-0.15, -0.1) is 0 Å². The summed E-state index contributed by atoms with van der Waals surface area (Å²) in [5.74, 6) is -0.740. The van der Waals surface area contributed by atoms with Gasteiger partial charge in [-0.2, -0.15) is 0 Å². The van der Waals surface area contributed by atoms with E-state index in [4.69, 9.17) is 5.11 Å². The molecule has 2 rings (SSSR count). The van der Waals surface area contributed by atoms with Crippen LogP contribution >= 0.6 is 0 Å². The Bertz CT molecular complexity index is 684. The van der Waals surface area contributed by atoms with Gasteiger partial charge in [0.05, 0.1) is 23.5 Å². The summed E-state index contributed by atoms with van der Waals surface area (Å²) in [5.41, 5.74) is 0.454. The Balaban J connectivity index is 2.40. The van der Waals surface area contributed by atoms with Gasteiger partial charge in [-0.05, 0) is 13.0 Å². The van der Waals surface area contributed by atoms with Crippen LogP contribution in [0.3, 0.4) is 0 Å². The number of hydrogen-bond acceptors (Lipinski definition) is 6. The molecule has 1 atom stereocenters. The zero-order valence-corrected chi connectivity index (χ0v) is 11.3. The first-order valence-corrected chi connectivity index (χ1v) is 7.68. The smallest absolute Gasteiger partial charge is 0.156 e. The lowest BCUT2D eigenvalue weighted by molar-refractivity contribution is 0.319. The number of sulfone groups is 1. The predicted molar refractivity (Wildman–Crippen MR) is 71.0 cm³/mol. The first kappa shape index (κ1) is 14.0. The summed E-state index contributed by atoms with van der Waals surface area (Å²) in [6.07, 6.45) is -0.980. The molecule has 0 bridgehead atoms. The minimum atomic E-state index is -3.49. The van der Waals surface area contributed by atoms with Gasteiger partial charge in [0.2, 0.25) is 0 Å². The zero-order chi connectivity index (χ0) is 14.0. The van der Waals surface area contributed by atoms with Crippen LogP contribution in [0.1, 0.15) is 6.92 Å². The van der Waals surface area contributed by atoms with Crippen LogP contribution in [0.2, 0.25) is 0 Å². The summed E-state index contributed by atoms with van der Waals surface area (Å²) in [6.45, 7) is 1.19. The van der Waals surface area contributed by atoms with Gasteiger partial charge in [-0.3, -0.25) is 4.99 Å². The molecule has 0 spiro atoms. The van der Waals surface area contributed by atoms with E-state index in [0.717, 1.165) is 0 Å². The van der Waals surface area contributed by atoms with Crippen molar-refractivity contribution in [3.8, 4) is 0 Å². The van der Waals surface area contributed by atoms with Gasteiger partial charge in [-0.1, -0.05) is 18.2 Å². The Morgan fingerprint density at radius 1 is 1.42 bits per heavy atom. The lowest BCUT2D eigenvalue weighted by Gasteiger charge is -2.39. The van der Waals surface area contributed by atoms with Gasteiger partial charge in [0.1, 0.15) is 6.17 Å². The van der Waals surface area contributed by atoms with Gasteiger partial charge in [0.15, 0.2) is 9.84 Å². The van der Waals surface area contributed by atoms with E-state index in [-0.39, 0.29) is 11.5 Å². The molecule has 1 heterocycles. The largest absolute Gasteiger partial charge is 0.757 e. The number of hydroxylamine groups is 2. The highest BCUT2D eigenvalue weighted by Gasteiger charge is 2.22. The molecule has 0 aromatic heterocycles. The molecule has 1 aliphatic heterocycles. The first-order valence-electron chi connectivity index (χ1n) is 5.86. The van der Waals surface area contributed by atoms with Crippen LogP contribution in [0.25, 0.3) is 5.70 Å². The molecule has 0 saturated heterocycles. The van der Waals surface area contributed by atoms with Crippen molar-refractivity contribution in [1.29, 1.82) is 0 Å². The van der Waals surface area contributed by atoms with Crippen LogP contribution in [0.5, 0.6) is 0 Å². The molecule has 1 aromatic rings. The van der Waals surface area contributed by atoms with Crippen molar-refractivity contribution in [1.82, 2.24) is 5.06 Å². The maximum Gasteiger partial charge on any atom is 0.156 e. The van der Waals surface area contributed by atoms with Crippen LogP contribution in [-0.2, 0) is 9.84 Å². The highest BCUT2D eigenvalue weighted by Crippen LogP contribution is 2.12. The lowest BCUT2D eigenvalue weighted by atomic mass is 10.2. The minimum Gasteiger partial charge on any atom is -0.757 e. The highest BCUT2D eigenvalue weighted by atomic mass is 32.2. The van der Waals surface area contributed by atoms with Crippen molar-refractivity contribution in [2.45, 2.75) is 13.1 Å². The number of hydrogen-bond donors (Lipinski definition) is 1. The Morgan fingerprint density at radius 2 is 2.11 bits per heavy atom. The average molecular weight is 283 g/mol. The maximum atomic E-state index is 12.0. The third-order valence-corrected chi connectivity index (χ3v) is 4.60. The lowest BCUT2D eigenvalue weighted by Crippen LogP contribution is -2.45. The molecule has 0 aliphatic carbocycles. The van der Waals surface area contributed by atoms with Gasteiger partial charge < -0.3 is 15.4 Å². The third-order valence-electron chi connectivity index (χ3n) is 2.99. The first-order chi connectivity index (χ1) is 8.94. The molecular formula is C12H15N2O4S-. The molecule has 0 saturated carbocycles. The second-order valence-electron chi connectivity index (χ2n) is 4.38. The number of fused-ring (bicyclic) bond motifs is 1. The number of aliphatic hydroxyl groups is 1. The number of benzene rings is 1. The van der Waals surface area contributed by atoms with Crippen molar-refractivity contribution in [3.63, 3.8) is 0 Å². The molecule has 6 nitrogen and oxygen atoms in total. The van der Waals surface area contributed by atoms with E-state index in [1.54, 1.807) is 31.2 Å². The molecule has 1 aliphatic rings. The SMILES string of the molecule is CC1=c2ccccc2=NC(CS(=O)(=O)CCO)N1[O-]. The quantitative estimate of drug-likeness (QED) is 0.763. The topological polar surface area (TPSA) is 93.0 Å². The monoisotopic (exact) mass is 283 g/mol. The number of para-hydroxylation sites is 1. The van der Waals surface area contributed by atoms with Crippen LogP contribution in [0.4, 0.5) is 0 Å². The second-order valence-corrected chi connectivity index (χ2v) is 6.60. The Kier molecular flexibility index (Phi) is 3.88. The van der Waals surface area contributed by atoms with Crippen molar-refractivity contribution in [2.75, 3.05) is 18.1 Å². The molecule has 0 amide bonds. The van der Waals surface area contributed by atoms with E-state index < -0.39 is 22.6 Å². The molecule has 1 N–H and O–H groups in total. The Hall–Kier alpha value is -1.44. The van der Waals surface area contributed by atoms with E-state index in [2.05, 4.69) is 4.99 Å². The van der Waals surface area contributed by atoms with Gasteiger partial charge >= 0.3 is 0 Å². The second kappa shape index (κ2) is 5.28. The van der Waals surface area contributed by atoms with Gasteiger partial charge in [-0.25, -0.2) is 8.42 Å². The van der Waals surface area contributed by atoms with E-state index >= 15 is 0 Å². The summed E-state index contributed by atoms with van der Waals surface area (Å²) in [7, 11) is -3.49. The number of rotatable bonds is 4. The number of nitrogens with zero attached hydrogens (tertiary/aromatic N) is 2. The summed E-state index contributed by atoms with van der Waals surface area (Å²) in [4.78, 5) is 4.18. The molecule has 7 heteroatoms. The Labute approximate surface area is 111 Å². The van der Waals surface area contributed by atoms with Crippen molar-refractivity contribution in [3.05, 3.63) is 40.0 Å². The molecule has 0 radical (unpaired) electrons. The van der Waals surface area contributed by atoms with Crippen LogP contribution in [0.15, 0.2) is 29.3 Å². The van der Waals surface area contributed by atoms with Crippen molar-refractivity contribution >= 4 is 15.5 Å². The maximum absolute atomic E-state index is 12.0. The van der Waals surface area contributed by atoms with E-state index in [1.807, 2.05) is 0 Å². The van der Waals surface area contributed by atoms with Crippen LogP contribution in [-0.4, -0.2) is 42.9 Å². The summed E-state index contributed by atoms with van der Waals surface area (Å²) < 4.78 is 23.3. The fourth-order valence-corrected chi connectivity index (χ4v) is 3.11. The fourth-order valence-electron chi connectivity index (χ4n) is 2.00.